The molecule has 4 aliphatic carbocycles. The molecule has 0 amide bonds. The van der Waals surface area contributed by atoms with Crippen LogP contribution in [0.25, 0.3) is 0 Å². The van der Waals surface area contributed by atoms with Gasteiger partial charge < -0.3 is 0 Å². The zero-order valence-corrected chi connectivity index (χ0v) is 21.6. The van der Waals surface area contributed by atoms with E-state index in [0.29, 0.717) is 12.3 Å². The molecule has 190 valence electrons. The van der Waals surface area contributed by atoms with Gasteiger partial charge in [0, 0.05) is 0 Å². The van der Waals surface area contributed by atoms with Gasteiger partial charge in [0.1, 0.15) is 0 Å². The maximum Gasteiger partial charge on any atom is 0.266 e. The summed E-state index contributed by atoms with van der Waals surface area (Å²) < 4.78 is 24.7. The van der Waals surface area contributed by atoms with Crippen LogP contribution in [0.1, 0.15) is 135 Å². The van der Waals surface area contributed by atoms with Gasteiger partial charge in [-0.05, 0) is 91.9 Å². The minimum Gasteiger partial charge on any atom is -0.174 e. The normalized spacial score (nSPS) is 40.3. The van der Waals surface area contributed by atoms with Crippen molar-refractivity contribution in [3.05, 3.63) is 12.2 Å². The second-order valence-corrected chi connectivity index (χ2v) is 13.2. The lowest BCUT2D eigenvalue weighted by Crippen LogP contribution is -2.24. The molecule has 0 bridgehead atoms. The first-order valence-corrected chi connectivity index (χ1v) is 15.0. The predicted octanol–water partition coefficient (Wildman–Crippen LogP) is 10.6. The first-order chi connectivity index (χ1) is 16.0. The molecule has 0 atom stereocenters. The van der Waals surface area contributed by atoms with Crippen molar-refractivity contribution in [2.45, 2.75) is 135 Å². The number of hydrogen-bond acceptors (Lipinski definition) is 0. The van der Waals surface area contributed by atoms with Crippen LogP contribution in [0.15, 0.2) is 12.2 Å². The topological polar surface area (TPSA) is 0 Å². The molecule has 33 heavy (non-hydrogen) atoms. The van der Waals surface area contributed by atoms with Crippen molar-refractivity contribution in [2.75, 3.05) is 0 Å². The average Bonchev–Trinajstić information content (AvgIpc) is 2.82. The van der Waals surface area contributed by atoms with Gasteiger partial charge in [-0.2, -0.15) is 8.78 Å². The van der Waals surface area contributed by atoms with Crippen LogP contribution in [0.3, 0.4) is 0 Å². The number of rotatable bonds is 8. The van der Waals surface area contributed by atoms with E-state index >= 15 is 0 Å². The van der Waals surface area contributed by atoms with Crippen LogP contribution in [-0.4, -0.2) is 0 Å². The third kappa shape index (κ3) is 8.64. The van der Waals surface area contributed by atoms with Gasteiger partial charge in [0.25, 0.3) is 6.08 Å². The van der Waals surface area contributed by atoms with E-state index in [2.05, 4.69) is 6.92 Å². The minimum absolute atomic E-state index is 0.514. The summed E-state index contributed by atoms with van der Waals surface area (Å²) in [4.78, 5) is 0. The fourth-order valence-corrected chi connectivity index (χ4v) is 8.34. The minimum atomic E-state index is -1.49. The van der Waals surface area contributed by atoms with Crippen LogP contribution in [0, 0.1) is 47.3 Å². The lowest BCUT2D eigenvalue weighted by molar-refractivity contribution is 0.153. The molecule has 4 saturated carbocycles. The highest BCUT2D eigenvalue weighted by molar-refractivity contribution is 4.86. The van der Waals surface area contributed by atoms with Gasteiger partial charge in [-0.15, -0.1) is 0 Å². The van der Waals surface area contributed by atoms with E-state index in [1.807, 2.05) is 0 Å². The maximum absolute atomic E-state index is 12.3. The summed E-state index contributed by atoms with van der Waals surface area (Å²) in [6.07, 6.45) is 27.7. The van der Waals surface area contributed by atoms with Crippen molar-refractivity contribution in [1.29, 1.82) is 0 Å². The molecule has 0 heterocycles. The summed E-state index contributed by atoms with van der Waals surface area (Å²) >= 11 is 0. The van der Waals surface area contributed by atoms with Gasteiger partial charge in [-0.25, -0.2) is 0 Å². The summed E-state index contributed by atoms with van der Waals surface area (Å²) in [5.74, 6) is 7.50. The van der Waals surface area contributed by atoms with Gasteiger partial charge in [0.15, 0.2) is 0 Å². The van der Waals surface area contributed by atoms with Crippen LogP contribution < -0.4 is 0 Å². The monoisotopic (exact) mass is 462 g/mol. The smallest absolute Gasteiger partial charge is 0.174 e. The zero-order valence-electron chi connectivity index (χ0n) is 21.6. The highest BCUT2D eigenvalue weighted by Crippen LogP contribution is 2.43. The van der Waals surface area contributed by atoms with Crippen molar-refractivity contribution >= 4 is 0 Å². The predicted molar refractivity (Wildman–Crippen MR) is 136 cm³/mol. The molecule has 0 aromatic rings. The second-order valence-electron chi connectivity index (χ2n) is 13.2. The van der Waals surface area contributed by atoms with E-state index in [1.54, 1.807) is 6.42 Å². The number of allylic oxidation sites excluding steroid dienone is 1. The van der Waals surface area contributed by atoms with E-state index in [1.165, 1.54) is 116 Å². The Labute approximate surface area is 203 Å². The first kappa shape index (κ1) is 25.7. The molecule has 2 heteroatoms. The molecule has 0 saturated heterocycles. The molecule has 4 fully saturated rings. The third-order valence-corrected chi connectivity index (χ3v) is 10.6. The first-order valence-electron chi connectivity index (χ1n) is 15.0. The van der Waals surface area contributed by atoms with E-state index < -0.39 is 6.08 Å². The van der Waals surface area contributed by atoms with E-state index in [4.69, 9.17) is 0 Å². The van der Waals surface area contributed by atoms with Gasteiger partial charge in [-0.1, -0.05) is 96.8 Å². The van der Waals surface area contributed by atoms with Gasteiger partial charge in [0.05, 0.1) is 0 Å². The summed E-state index contributed by atoms with van der Waals surface area (Å²) in [6.45, 7) is 2.44. The fraction of sp³-hybridized carbons (Fsp3) is 0.935. The van der Waals surface area contributed by atoms with Crippen LogP contribution in [0.4, 0.5) is 8.78 Å². The molecule has 0 aromatic heterocycles. The lowest BCUT2D eigenvalue weighted by atomic mass is 9.69. The molecule has 0 N–H and O–H groups in total. The molecule has 0 radical (unpaired) electrons. The highest BCUT2D eigenvalue weighted by atomic mass is 19.3. The standard InChI is InChI=1S/C31H52F2/c1-23-2-4-25(5-3-23)20-27-10-12-29(13-11-27)22-30-16-14-28(15-17-30)21-26-8-6-24(7-9-26)18-19-31(32)33/h19,23-30H,2-18,20-22H2,1H3. The Hall–Kier alpha value is -0.400. The van der Waals surface area contributed by atoms with Crippen LogP contribution >= 0.6 is 0 Å². The molecule has 0 spiro atoms. The Bertz CT molecular complexity index is 562. The Morgan fingerprint density at radius 3 is 1.06 bits per heavy atom. The Kier molecular flexibility index (Phi) is 10.2. The molecule has 0 aliphatic heterocycles. The molecule has 4 rings (SSSR count). The number of hydrogen-bond donors (Lipinski definition) is 0. The van der Waals surface area contributed by atoms with E-state index in [0.717, 1.165) is 47.5 Å². The van der Waals surface area contributed by atoms with Crippen LogP contribution in [-0.2, 0) is 0 Å². The fourth-order valence-electron chi connectivity index (χ4n) is 8.34. The zero-order chi connectivity index (χ0) is 23.0. The Morgan fingerprint density at radius 2 is 0.758 bits per heavy atom. The molecule has 0 unspecified atom stereocenters. The van der Waals surface area contributed by atoms with Crippen LogP contribution in [0.5, 0.6) is 0 Å². The van der Waals surface area contributed by atoms with Crippen molar-refractivity contribution in [3.63, 3.8) is 0 Å². The molecular formula is C31H52F2. The Balaban J connectivity index is 1.06. The largest absolute Gasteiger partial charge is 0.266 e. The van der Waals surface area contributed by atoms with Gasteiger partial charge in [0.2, 0.25) is 0 Å². The average molecular weight is 463 g/mol. The SMILES string of the molecule is CC1CCC(CC2CCC(CC3CCC(CC4CCC(CC=C(F)F)CC4)CC3)CC2)CC1. The molecular weight excluding hydrogens is 410 g/mol. The Morgan fingerprint density at radius 1 is 0.485 bits per heavy atom. The summed E-state index contributed by atoms with van der Waals surface area (Å²) in [6, 6.07) is 0. The van der Waals surface area contributed by atoms with Crippen molar-refractivity contribution in [3.8, 4) is 0 Å². The molecule has 4 aliphatic rings. The van der Waals surface area contributed by atoms with Gasteiger partial charge >= 0.3 is 0 Å². The van der Waals surface area contributed by atoms with Crippen molar-refractivity contribution in [1.82, 2.24) is 0 Å². The molecule has 0 nitrogen and oxygen atoms in total. The van der Waals surface area contributed by atoms with Crippen LogP contribution in [0.2, 0.25) is 0 Å². The third-order valence-electron chi connectivity index (χ3n) is 10.6. The summed E-state index contributed by atoms with van der Waals surface area (Å²) in [7, 11) is 0. The second kappa shape index (κ2) is 13.1. The van der Waals surface area contributed by atoms with Gasteiger partial charge in [-0.3, -0.25) is 0 Å². The number of halogens is 2. The lowest BCUT2D eigenvalue weighted by Gasteiger charge is -2.37. The van der Waals surface area contributed by atoms with E-state index in [-0.39, 0.29) is 0 Å². The summed E-state index contributed by atoms with van der Waals surface area (Å²) in [5.41, 5.74) is 0. The van der Waals surface area contributed by atoms with Crippen molar-refractivity contribution < 1.29 is 8.78 Å². The maximum atomic E-state index is 12.3. The molecule has 0 aromatic carbocycles. The quantitative estimate of drug-likeness (QED) is 0.336. The van der Waals surface area contributed by atoms with Crippen molar-refractivity contribution in [2.24, 2.45) is 47.3 Å². The van der Waals surface area contributed by atoms with E-state index in [9.17, 15) is 8.78 Å². The summed E-state index contributed by atoms with van der Waals surface area (Å²) in [5, 5.41) is 0. The highest BCUT2D eigenvalue weighted by Gasteiger charge is 2.30.